The van der Waals surface area contributed by atoms with Gasteiger partial charge < -0.3 is 25.2 Å². The predicted octanol–water partition coefficient (Wildman–Crippen LogP) is 2.53. The summed E-state index contributed by atoms with van der Waals surface area (Å²) in [6, 6.07) is 0. The van der Waals surface area contributed by atoms with Crippen LogP contribution in [0.15, 0.2) is 0 Å². The minimum Gasteiger partial charge on any atom is -0.391 e. The van der Waals surface area contributed by atoms with Gasteiger partial charge in [-0.3, -0.25) is 9.59 Å². The standard InChI is InChI=1S/C24H36F4N2O5/c25-16-3-1-14(9-18(16)27)34-12-21(32)29-23-5-7-24(8-6-23,20(31)11-23)30-22(33)13-35-15-2-4-17(26)19(28)10-15/h14-20,31H,1-13H2,(H,29,32)(H,30,33). The number of ether oxygens (including phenoxy) is 2. The summed E-state index contributed by atoms with van der Waals surface area (Å²) in [5.41, 5.74) is -1.42. The molecule has 35 heavy (non-hydrogen) atoms. The first kappa shape index (κ1) is 26.6. The number of fused-ring (bicyclic) bond motifs is 3. The second-order valence-electron chi connectivity index (χ2n) is 10.8. The smallest absolute Gasteiger partial charge is 0.246 e. The lowest BCUT2D eigenvalue weighted by Gasteiger charge is -2.56. The number of halogens is 4. The number of rotatable bonds is 8. The van der Waals surface area contributed by atoms with Crippen LogP contribution in [-0.2, 0) is 19.1 Å². The van der Waals surface area contributed by atoms with Gasteiger partial charge in [-0.15, -0.1) is 0 Å². The molecule has 5 rings (SSSR count). The van der Waals surface area contributed by atoms with E-state index in [0.717, 1.165) is 0 Å². The summed E-state index contributed by atoms with van der Waals surface area (Å²) in [6.07, 6.45) is -4.90. The Balaban J connectivity index is 1.20. The second-order valence-corrected chi connectivity index (χ2v) is 10.8. The summed E-state index contributed by atoms with van der Waals surface area (Å²) < 4.78 is 64.6. The number of aliphatic hydroxyl groups excluding tert-OH is 1. The van der Waals surface area contributed by atoms with Crippen molar-refractivity contribution in [1.82, 2.24) is 10.6 Å². The molecule has 7 atom stereocenters. The Morgan fingerprint density at radius 1 is 0.743 bits per heavy atom. The predicted molar refractivity (Wildman–Crippen MR) is 118 cm³/mol. The van der Waals surface area contributed by atoms with Crippen molar-refractivity contribution in [2.45, 2.75) is 125 Å². The molecule has 2 bridgehead atoms. The van der Waals surface area contributed by atoms with Crippen LogP contribution in [0.3, 0.4) is 0 Å². The molecule has 7 unspecified atom stereocenters. The first-order valence-electron chi connectivity index (χ1n) is 12.7. The summed E-state index contributed by atoms with van der Waals surface area (Å²) >= 11 is 0. The summed E-state index contributed by atoms with van der Waals surface area (Å²) in [4.78, 5) is 25.0. The molecule has 0 aromatic rings. The van der Waals surface area contributed by atoms with Gasteiger partial charge >= 0.3 is 0 Å². The third-order valence-electron chi connectivity index (χ3n) is 8.30. The molecule has 3 N–H and O–H groups in total. The van der Waals surface area contributed by atoms with Gasteiger partial charge in [0.1, 0.15) is 37.9 Å². The molecule has 5 aliphatic carbocycles. The van der Waals surface area contributed by atoms with Crippen LogP contribution in [0.4, 0.5) is 17.6 Å². The van der Waals surface area contributed by atoms with Crippen LogP contribution in [0.2, 0.25) is 0 Å². The third-order valence-corrected chi connectivity index (χ3v) is 8.30. The fourth-order valence-corrected chi connectivity index (χ4v) is 6.08. The molecule has 0 saturated heterocycles. The molecule has 0 radical (unpaired) electrons. The van der Waals surface area contributed by atoms with E-state index in [1.807, 2.05) is 0 Å². The molecule has 0 aromatic heterocycles. The van der Waals surface area contributed by atoms with E-state index in [9.17, 15) is 32.3 Å². The molecule has 5 fully saturated rings. The zero-order chi connectivity index (χ0) is 25.2. The van der Waals surface area contributed by atoms with Gasteiger partial charge in [-0.1, -0.05) is 0 Å². The molecule has 2 amide bonds. The van der Waals surface area contributed by atoms with E-state index in [0.29, 0.717) is 38.5 Å². The van der Waals surface area contributed by atoms with Crippen molar-refractivity contribution in [3.63, 3.8) is 0 Å². The Kier molecular flexibility index (Phi) is 8.27. The molecule has 200 valence electrons. The summed E-state index contributed by atoms with van der Waals surface area (Å²) in [5, 5.41) is 16.7. The van der Waals surface area contributed by atoms with E-state index in [1.54, 1.807) is 0 Å². The van der Waals surface area contributed by atoms with Crippen molar-refractivity contribution in [3.8, 4) is 0 Å². The maximum absolute atomic E-state index is 13.5. The first-order valence-corrected chi connectivity index (χ1v) is 12.7. The maximum atomic E-state index is 13.5. The summed E-state index contributed by atoms with van der Waals surface area (Å²) in [6.45, 7) is -0.540. The molecule has 5 aliphatic rings. The maximum Gasteiger partial charge on any atom is 0.246 e. The molecular formula is C24H36F4N2O5. The average Bonchev–Trinajstić information content (AvgIpc) is 2.82. The van der Waals surface area contributed by atoms with Crippen LogP contribution in [-0.4, -0.2) is 84.2 Å². The van der Waals surface area contributed by atoms with Gasteiger partial charge in [-0.05, 0) is 57.8 Å². The van der Waals surface area contributed by atoms with Crippen LogP contribution >= 0.6 is 0 Å². The van der Waals surface area contributed by atoms with Crippen LogP contribution in [0.25, 0.3) is 0 Å². The number of carbonyl (C=O) groups excluding carboxylic acids is 2. The topological polar surface area (TPSA) is 96.9 Å². The van der Waals surface area contributed by atoms with Crippen molar-refractivity contribution in [2.75, 3.05) is 13.2 Å². The summed E-state index contributed by atoms with van der Waals surface area (Å²) in [7, 11) is 0. The molecule has 7 nitrogen and oxygen atoms in total. The fraction of sp³-hybridized carbons (Fsp3) is 0.917. The lowest BCUT2D eigenvalue weighted by atomic mass is 9.60. The highest BCUT2D eigenvalue weighted by molar-refractivity contribution is 5.79. The fourth-order valence-electron chi connectivity index (χ4n) is 6.08. The highest BCUT2D eigenvalue weighted by Gasteiger charge is 2.55. The minimum atomic E-state index is -1.58. The van der Waals surface area contributed by atoms with Crippen LogP contribution in [0.1, 0.15) is 70.6 Å². The third kappa shape index (κ3) is 6.28. The molecule has 11 heteroatoms. The van der Waals surface area contributed by atoms with E-state index >= 15 is 0 Å². The van der Waals surface area contributed by atoms with E-state index in [2.05, 4.69) is 10.6 Å². The van der Waals surface area contributed by atoms with Gasteiger partial charge in [0, 0.05) is 18.4 Å². The summed E-state index contributed by atoms with van der Waals surface area (Å²) in [5.74, 6) is -0.779. The Bertz CT molecular complexity index is 766. The lowest BCUT2D eigenvalue weighted by Crippen LogP contribution is -2.70. The van der Waals surface area contributed by atoms with Crippen molar-refractivity contribution < 1.29 is 41.7 Å². The Morgan fingerprint density at radius 3 is 1.69 bits per heavy atom. The number of amides is 2. The number of aliphatic hydroxyl groups is 1. The zero-order valence-electron chi connectivity index (χ0n) is 19.8. The minimum absolute atomic E-state index is 0.0598. The van der Waals surface area contributed by atoms with Gasteiger partial charge in [0.25, 0.3) is 0 Å². The SMILES string of the molecule is O=C(COC1CCC(F)C(F)C1)NC12CCC(NC(=O)COC3CCC(F)C(F)C3)(CC1)C(O)C2. The number of alkyl halides is 4. The zero-order valence-corrected chi connectivity index (χ0v) is 19.8. The van der Waals surface area contributed by atoms with Gasteiger partial charge in [0.15, 0.2) is 0 Å². The number of hydrogen-bond acceptors (Lipinski definition) is 5. The number of hydrogen-bond donors (Lipinski definition) is 3. The molecule has 0 aliphatic heterocycles. The normalized spacial score (nSPS) is 43.5. The van der Waals surface area contributed by atoms with Gasteiger partial charge in [0.05, 0.1) is 23.9 Å². The van der Waals surface area contributed by atoms with E-state index in [1.165, 1.54) is 0 Å². The first-order chi connectivity index (χ1) is 16.6. The monoisotopic (exact) mass is 508 g/mol. The van der Waals surface area contributed by atoms with Crippen LogP contribution in [0, 0.1) is 0 Å². The largest absolute Gasteiger partial charge is 0.391 e. The quantitative estimate of drug-likeness (QED) is 0.438. The van der Waals surface area contributed by atoms with Crippen molar-refractivity contribution in [1.29, 1.82) is 0 Å². The van der Waals surface area contributed by atoms with Crippen molar-refractivity contribution in [2.24, 2.45) is 0 Å². The van der Waals surface area contributed by atoms with Gasteiger partial charge in [-0.25, -0.2) is 17.6 Å². The lowest BCUT2D eigenvalue weighted by molar-refractivity contribution is -0.142. The molecule has 0 heterocycles. The highest BCUT2D eigenvalue weighted by Crippen LogP contribution is 2.47. The van der Waals surface area contributed by atoms with E-state index < -0.39 is 60.0 Å². The molecule has 0 spiro atoms. The second kappa shape index (κ2) is 10.9. The van der Waals surface area contributed by atoms with E-state index in [-0.39, 0.29) is 51.2 Å². The van der Waals surface area contributed by atoms with Crippen LogP contribution < -0.4 is 10.6 Å². The van der Waals surface area contributed by atoms with Crippen molar-refractivity contribution in [3.05, 3.63) is 0 Å². The molecule has 0 aromatic carbocycles. The van der Waals surface area contributed by atoms with Crippen LogP contribution in [0.5, 0.6) is 0 Å². The average molecular weight is 509 g/mol. The Morgan fingerprint density at radius 2 is 1.23 bits per heavy atom. The van der Waals surface area contributed by atoms with Gasteiger partial charge in [0.2, 0.25) is 11.8 Å². The Hall–Kier alpha value is -1.46. The number of nitrogens with one attached hydrogen (secondary N) is 2. The van der Waals surface area contributed by atoms with Crippen molar-refractivity contribution >= 4 is 11.8 Å². The van der Waals surface area contributed by atoms with Gasteiger partial charge in [-0.2, -0.15) is 0 Å². The number of carbonyl (C=O) groups is 2. The molecule has 5 saturated carbocycles. The Labute approximate surface area is 202 Å². The van der Waals surface area contributed by atoms with E-state index in [4.69, 9.17) is 9.47 Å². The highest BCUT2D eigenvalue weighted by atomic mass is 19.2. The molecular weight excluding hydrogens is 472 g/mol.